The van der Waals surface area contributed by atoms with E-state index in [9.17, 15) is 0 Å². The Labute approximate surface area is 58.2 Å². The molecular weight excluding hydrogens is 110 g/mol. The van der Waals surface area contributed by atoms with Crippen molar-refractivity contribution >= 4 is 0 Å². The number of allylic oxidation sites excluding steroid dienone is 1. The molecule has 0 amide bonds. The number of rotatable bonds is 4. The summed E-state index contributed by atoms with van der Waals surface area (Å²) in [6.07, 6.45) is 5.59. The molecule has 0 aromatic carbocycles. The number of hydrogen-bond acceptors (Lipinski definition) is 1. The van der Waals surface area contributed by atoms with Crippen molar-refractivity contribution in [3.05, 3.63) is 12.2 Å². The molecule has 0 aliphatic carbocycles. The van der Waals surface area contributed by atoms with Gasteiger partial charge in [-0.2, -0.15) is 0 Å². The van der Waals surface area contributed by atoms with Crippen molar-refractivity contribution in [3.63, 3.8) is 0 Å². The van der Waals surface area contributed by atoms with Gasteiger partial charge < -0.3 is 5.32 Å². The Bertz CT molecular complexity index is 76.6. The van der Waals surface area contributed by atoms with Gasteiger partial charge in [-0.3, -0.25) is 0 Å². The fourth-order valence-corrected chi connectivity index (χ4v) is 0.883. The first-order valence-corrected chi connectivity index (χ1v) is 3.62. The van der Waals surface area contributed by atoms with Crippen LogP contribution in [0.15, 0.2) is 12.2 Å². The monoisotopic (exact) mass is 127 g/mol. The quantitative estimate of drug-likeness (QED) is 0.568. The molecule has 0 aliphatic rings. The Kier molecular flexibility index (Phi) is 5.64. The van der Waals surface area contributed by atoms with Crippen LogP contribution in [0, 0.1) is 5.92 Å². The second kappa shape index (κ2) is 5.83. The molecule has 1 N–H and O–H groups in total. The first-order valence-electron chi connectivity index (χ1n) is 3.62. The zero-order valence-electron chi connectivity index (χ0n) is 6.65. The van der Waals surface area contributed by atoms with Gasteiger partial charge in [-0.05, 0) is 26.3 Å². The summed E-state index contributed by atoms with van der Waals surface area (Å²) in [5.41, 5.74) is 0. The van der Waals surface area contributed by atoms with Crippen molar-refractivity contribution in [2.45, 2.75) is 20.3 Å². The van der Waals surface area contributed by atoms with E-state index >= 15 is 0 Å². The molecule has 1 unspecified atom stereocenters. The second-order valence-corrected chi connectivity index (χ2v) is 2.25. The van der Waals surface area contributed by atoms with Gasteiger partial charge in [0.25, 0.3) is 0 Å². The highest BCUT2D eigenvalue weighted by Gasteiger charge is 1.96. The third kappa shape index (κ3) is 4.22. The van der Waals surface area contributed by atoms with E-state index in [2.05, 4.69) is 31.3 Å². The van der Waals surface area contributed by atoms with E-state index in [1.165, 1.54) is 6.42 Å². The molecule has 9 heavy (non-hydrogen) atoms. The zero-order valence-corrected chi connectivity index (χ0v) is 6.65. The molecule has 0 fully saturated rings. The van der Waals surface area contributed by atoms with Crippen molar-refractivity contribution in [1.29, 1.82) is 0 Å². The van der Waals surface area contributed by atoms with Crippen LogP contribution in [0.25, 0.3) is 0 Å². The smallest absolute Gasteiger partial charge is 0.00111 e. The third-order valence-corrected chi connectivity index (χ3v) is 1.46. The lowest BCUT2D eigenvalue weighted by Gasteiger charge is -2.06. The van der Waals surface area contributed by atoms with E-state index in [4.69, 9.17) is 0 Å². The molecule has 0 saturated carbocycles. The fourth-order valence-electron chi connectivity index (χ4n) is 0.883. The average molecular weight is 127 g/mol. The maximum atomic E-state index is 3.15. The van der Waals surface area contributed by atoms with E-state index in [1.807, 2.05) is 7.05 Å². The SMILES string of the molecule is C/C=C\C(CC)CNC. The van der Waals surface area contributed by atoms with Gasteiger partial charge in [0.05, 0.1) is 0 Å². The first-order chi connectivity index (χ1) is 4.35. The Hall–Kier alpha value is -0.300. The zero-order chi connectivity index (χ0) is 7.11. The van der Waals surface area contributed by atoms with E-state index in [1.54, 1.807) is 0 Å². The van der Waals surface area contributed by atoms with Gasteiger partial charge in [-0.1, -0.05) is 19.1 Å². The van der Waals surface area contributed by atoms with E-state index < -0.39 is 0 Å². The highest BCUT2D eigenvalue weighted by molar-refractivity contribution is 4.85. The molecular formula is C8H17N. The molecule has 0 spiro atoms. The highest BCUT2D eigenvalue weighted by atomic mass is 14.8. The first kappa shape index (κ1) is 8.70. The van der Waals surface area contributed by atoms with Crippen molar-refractivity contribution < 1.29 is 0 Å². The maximum absolute atomic E-state index is 3.15. The molecule has 0 aliphatic heterocycles. The van der Waals surface area contributed by atoms with Crippen molar-refractivity contribution in [1.82, 2.24) is 5.32 Å². The molecule has 0 aromatic rings. The molecule has 0 saturated heterocycles. The van der Waals surface area contributed by atoms with Gasteiger partial charge in [-0.15, -0.1) is 0 Å². The average Bonchev–Trinajstić information content (AvgIpc) is 1.88. The Morgan fingerprint density at radius 2 is 2.22 bits per heavy atom. The van der Waals surface area contributed by atoms with Crippen LogP contribution in [-0.2, 0) is 0 Å². The van der Waals surface area contributed by atoms with Crippen molar-refractivity contribution in [2.24, 2.45) is 5.92 Å². The van der Waals surface area contributed by atoms with Crippen LogP contribution in [0.2, 0.25) is 0 Å². The minimum atomic E-state index is 0.722. The van der Waals surface area contributed by atoms with Crippen LogP contribution in [0.3, 0.4) is 0 Å². The van der Waals surface area contributed by atoms with Crippen LogP contribution in [0.1, 0.15) is 20.3 Å². The number of hydrogen-bond donors (Lipinski definition) is 1. The van der Waals surface area contributed by atoms with Crippen LogP contribution < -0.4 is 5.32 Å². The highest BCUT2D eigenvalue weighted by Crippen LogP contribution is 2.01. The molecule has 0 bridgehead atoms. The van der Waals surface area contributed by atoms with E-state index in [-0.39, 0.29) is 0 Å². The minimum absolute atomic E-state index is 0.722. The molecule has 0 heterocycles. The summed E-state index contributed by atoms with van der Waals surface area (Å²) in [4.78, 5) is 0. The van der Waals surface area contributed by atoms with Gasteiger partial charge in [0.15, 0.2) is 0 Å². The normalized spacial score (nSPS) is 14.6. The molecule has 54 valence electrons. The lowest BCUT2D eigenvalue weighted by atomic mass is 10.1. The van der Waals surface area contributed by atoms with Gasteiger partial charge in [0.2, 0.25) is 0 Å². The summed E-state index contributed by atoms with van der Waals surface area (Å²) in [5.74, 6) is 0.722. The van der Waals surface area contributed by atoms with Gasteiger partial charge in [-0.25, -0.2) is 0 Å². The summed E-state index contributed by atoms with van der Waals surface area (Å²) in [6.45, 7) is 5.38. The lowest BCUT2D eigenvalue weighted by Crippen LogP contribution is -2.16. The standard InChI is InChI=1S/C8H17N/c1-4-6-8(5-2)7-9-3/h4,6,8-9H,5,7H2,1-3H3/b6-4-. The predicted octanol–water partition coefficient (Wildman–Crippen LogP) is 1.81. The number of nitrogens with one attached hydrogen (secondary N) is 1. The second-order valence-electron chi connectivity index (χ2n) is 2.25. The van der Waals surface area contributed by atoms with Gasteiger partial charge in [0.1, 0.15) is 0 Å². The van der Waals surface area contributed by atoms with Gasteiger partial charge in [0, 0.05) is 6.54 Å². The fraction of sp³-hybridized carbons (Fsp3) is 0.750. The molecule has 1 heteroatoms. The summed E-state index contributed by atoms with van der Waals surface area (Å²) in [5, 5.41) is 3.15. The molecule has 0 rings (SSSR count). The van der Waals surface area contributed by atoms with Crippen LogP contribution >= 0.6 is 0 Å². The van der Waals surface area contributed by atoms with Crippen molar-refractivity contribution in [2.75, 3.05) is 13.6 Å². The predicted molar refractivity (Wildman–Crippen MR) is 42.5 cm³/mol. The third-order valence-electron chi connectivity index (χ3n) is 1.46. The molecule has 0 aromatic heterocycles. The summed E-state index contributed by atoms with van der Waals surface area (Å²) in [6, 6.07) is 0. The van der Waals surface area contributed by atoms with Crippen LogP contribution in [-0.4, -0.2) is 13.6 Å². The molecule has 0 radical (unpaired) electrons. The topological polar surface area (TPSA) is 12.0 Å². The van der Waals surface area contributed by atoms with E-state index in [0.29, 0.717) is 0 Å². The van der Waals surface area contributed by atoms with Crippen LogP contribution in [0.4, 0.5) is 0 Å². The summed E-state index contributed by atoms with van der Waals surface area (Å²) < 4.78 is 0. The Morgan fingerprint density at radius 3 is 2.56 bits per heavy atom. The summed E-state index contributed by atoms with van der Waals surface area (Å²) >= 11 is 0. The largest absolute Gasteiger partial charge is 0.319 e. The lowest BCUT2D eigenvalue weighted by molar-refractivity contribution is 0.580. The maximum Gasteiger partial charge on any atom is 0.00111 e. The summed E-state index contributed by atoms with van der Waals surface area (Å²) in [7, 11) is 1.99. The van der Waals surface area contributed by atoms with Crippen molar-refractivity contribution in [3.8, 4) is 0 Å². The Morgan fingerprint density at radius 1 is 1.56 bits per heavy atom. The molecule has 1 nitrogen and oxygen atoms in total. The minimum Gasteiger partial charge on any atom is -0.319 e. The molecule has 1 atom stereocenters. The van der Waals surface area contributed by atoms with E-state index in [0.717, 1.165) is 12.5 Å². The Balaban J connectivity index is 3.41. The van der Waals surface area contributed by atoms with Gasteiger partial charge >= 0.3 is 0 Å². The van der Waals surface area contributed by atoms with Crippen LogP contribution in [0.5, 0.6) is 0 Å².